The first-order valence-corrected chi connectivity index (χ1v) is 9.30. The second-order valence-corrected chi connectivity index (χ2v) is 7.01. The molecule has 150 valence electrons. The quantitative estimate of drug-likeness (QED) is 0.666. The average Bonchev–Trinajstić information content (AvgIpc) is 2.70. The minimum Gasteiger partial charge on any atom is -0.481 e. The van der Waals surface area contributed by atoms with Gasteiger partial charge in [-0.05, 0) is 31.9 Å². The van der Waals surface area contributed by atoms with E-state index in [0.717, 1.165) is 6.07 Å². The largest absolute Gasteiger partial charge is 0.481 e. The van der Waals surface area contributed by atoms with E-state index < -0.39 is 23.1 Å². The number of carboxylic acid groups (broad SMARTS) is 1. The molecule has 1 atom stereocenters. The molecule has 0 saturated heterocycles. The molecule has 3 aromatic rings. The summed E-state index contributed by atoms with van der Waals surface area (Å²) in [5, 5.41) is 12.6. The van der Waals surface area contributed by atoms with Crippen molar-refractivity contribution in [2.75, 3.05) is 6.54 Å². The minimum absolute atomic E-state index is 0.0269. The summed E-state index contributed by atoms with van der Waals surface area (Å²) < 4.78 is 14.1. The summed E-state index contributed by atoms with van der Waals surface area (Å²) in [4.78, 5) is 33.7. The molecule has 0 aliphatic heterocycles. The van der Waals surface area contributed by atoms with Crippen LogP contribution < -0.4 is 5.32 Å². The highest BCUT2D eigenvalue weighted by molar-refractivity contribution is 6.05. The minimum atomic E-state index is -1.29. The first kappa shape index (κ1) is 20.4. The number of halogens is 1. The summed E-state index contributed by atoms with van der Waals surface area (Å²) >= 11 is 0. The van der Waals surface area contributed by atoms with E-state index in [1.54, 1.807) is 51.1 Å². The summed E-state index contributed by atoms with van der Waals surface area (Å²) in [6.07, 6.45) is 0.272. The number of aromatic nitrogens is 2. The van der Waals surface area contributed by atoms with Crippen molar-refractivity contribution in [3.05, 3.63) is 70.8 Å². The van der Waals surface area contributed by atoms with E-state index in [2.05, 4.69) is 15.3 Å². The second kappa shape index (κ2) is 7.95. The molecule has 0 spiro atoms. The summed E-state index contributed by atoms with van der Waals surface area (Å²) in [5.74, 6) is -2.24. The lowest BCUT2D eigenvalue weighted by Crippen LogP contribution is -2.46. The summed E-state index contributed by atoms with van der Waals surface area (Å²) in [6, 6.07) is 11.1. The lowest BCUT2D eigenvalue weighted by Gasteiger charge is -2.29. The van der Waals surface area contributed by atoms with Crippen LogP contribution in [0.1, 0.15) is 40.7 Å². The molecule has 1 aromatic heterocycles. The van der Waals surface area contributed by atoms with Crippen LogP contribution in [0, 0.1) is 19.7 Å². The number of nitrogens with zero attached hydrogens (tertiary/aromatic N) is 2. The van der Waals surface area contributed by atoms with E-state index in [1.165, 1.54) is 6.07 Å². The number of carbonyl (C=O) groups is 2. The Hall–Kier alpha value is -3.35. The van der Waals surface area contributed by atoms with Gasteiger partial charge in [-0.1, -0.05) is 37.3 Å². The lowest BCUT2D eigenvalue weighted by molar-refractivity contribution is -0.143. The molecule has 1 heterocycles. The van der Waals surface area contributed by atoms with Crippen LogP contribution in [0.4, 0.5) is 4.39 Å². The fourth-order valence-electron chi connectivity index (χ4n) is 3.34. The van der Waals surface area contributed by atoms with Crippen LogP contribution in [0.15, 0.2) is 42.5 Å². The Balaban J connectivity index is 1.98. The molecule has 29 heavy (non-hydrogen) atoms. The van der Waals surface area contributed by atoms with Crippen LogP contribution in [-0.4, -0.2) is 33.5 Å². The number of nitrogens with one attached hydrogen (secondary N) is 1. The zero-order chi connectivity index (χ0) is 21.2. The van der Waals surface area contributed by atoms with Crippen LogP contribution in [0.25, 0.3) is 11.0 Å². The van der Waals surface area contributed by atoms with Crippen molar-refractivity contribution in [3.63, 3.8) is 0 Å². The number of fused-ring (bicyclic) bond motifs is 1. The van der Waals surface area contributed by atoms with Crippen LogP contribution in [-0.2, 0) is 10.2 Å². The predicted octanol–water partition coefficient (Wildman–Crippen LogP) is 3.55. The van der Waals surface area contributed by atoms with Gasteiger partial charge in [-0.15, -0.1) is 0 Å². The van der Waals surface area contributed by atoms with Crippen LogP contribution in [0.3, 0.4) is 0 Å². The molecule has 0 radical (unpaired) electrons. The van der Waals surface area contributed by atoms with Gasteiger partial charge in [0.25, 0.3) is 5.91 Å². The van der Waals surface area contributed by atoms with Gasteiger partial charge in [0.05, 0.1) is 22.5 Å². The summed E-state index contributed by atoms with van der Waals surface area (Å²) in [6.45, 7) is 5.13. The SMILES string of the molecule is CCC(CNC(=O)c1cc(F)cc2nc(C)c(C)nc12)(C(=O)O)c1ccccc1. The molecule has 0 bridgehead atoms. The van der Waals surface area contributed by atoms with Gasteiger partial charge >= 0.3 is 5.97 Å². The van der Waals surface area contributed by atoms with Gasteiger partial charge in [0.15, 0.2) is 0 Å². The van der Waals surface area contributed by atoms with Gasteiger partial charge < -0.3 is 10.4 Å². The van der Waals surface area contributed by atoms with Crippen LogP contribution >= 0.6 is 0 Å². The maximum atomic E-state index is 14.1. The molecule has 1 unspecified atom stereocenters. The predicted molar refractivity (Wildman–Crippen MR) is 107 cm³/mol. The molecule has 0 saturated carbocycles. The Kier molecular flexibility index (Phi) is 5.59. The number of amides is 1. The highest BCUT2D eigenvalue weighted by atomic mass is 19.1. The van der Waals surface area contributed by atoms with E-state index in [0.29, 0.717) is 17.0 Å². The maximum Gasteiger partial charge on any atom is 0.315 e. The molecular weight excluding hydrogens is 373 g/mol. The van der Waals surface area contributed by atoms with Gasteiger partial charge in [0.2, 0.25) is 0 Å². The third kappa shape index (κ3) is 3.81. The van der Waals surface area contributed by atoms with Crippen LogP contribution in [0.5, 0.6) is 0 Å². The molecule has 0 fully saturated rings. The van der Waals surface area contributed by atoms with Crippen molar-refractivity contribution in [3.8, 4) is 0 Å². The highest BCUT2D eigenvalue weighted by Crippen LogP contribution is 2.28. The Bertz CT molecular complexity index is 1090. The zero-order valence-electron chi connectivity index (χ0n) is 16.5. The monoisotopic (exact) mass is 395 g/mol. The molecular formula is C22H22FN3O3. The smallest absolute Gasteiger partial charge is 0.315 e. The molecule has 2 aromatic carbocycles. The van der Waals surface area contributed by atoms with E-state index >= 15 is 0 Å². The number of benzene rings is 2. The van der Waals surface area contributed by atoms with Gasteiger partial charge in [0.1, 0.15) is 16.7 Å². The van der Waals surface area contributed by atoms with Gasteiger partial charge in [-0.25, -0.2) is 14.4 Å². The summed E-state index contributed by atoms with van der Waals surface area (Å²) in [5.41, 5.74) is 1.17. The number of aliphatic carboxylic acids is 1. The number of carboxylic acids is 1. The number of rotatable bonds is 6. The Morgan fingerprint density at radius 2 is 1.76 bits per heavy atom. The Morgan fingerprint density at radius 1 is 1.10 bits per heavy atom. The number of carbonyl (C=O) groups excluding carboxylic acids is 1. The summed E-state index contributed by atoms with van der Waals surface area (Å²) in [7, 11) is 0. The fourth-order valence-corrected chi connectivity index (χ4v) is 3.34. The molecule has 6 nitrogen and oxygen atoms in total. The zero-order valence-corrected chi connectivity index (χ0v) is 16.5. The highest BCUT2D eigenvalue weighted by Gasteiger charge is 2.39. The van der Waals surface area contributed by atoms with Crippen molar-refractivity contribution in [2.45, 2.75) is 32.6 Å². The Labute approximate surface area is 167 Å². The van der Waals surface area contributed by atoms with E-state index in [1.807, 2.05) is 0 Å². The van der Waals surface area contributed by atoms with Gasteiger partial charge in [-0.3, -0.25) is 9.59 Å². The molecule has 3 rings (SSSR count). The van der Waals surface area contributed by atoms with Crippen molar-refractivity contribution >= 4 is 22.9 Å². The fraction of sp³-hybridized carbons (Fsp3) is 0.273. The lowest BCUT2D eigenvalue weighted by atomic mass is 9.78. The number of hydrogen-bond donors (Lipinski definition) is 2. The second-order valence-electron chi connectivity index (χ2n) is 7.01. The Morgan fingerprint density at radius 3 is 2.38 bits per heavy atom. The first-order chi connectivity index (χ1) is 13.8. The first-order valence-electron chi connectivity index (χ1n) is 9.30. The van der Waals surface area contributed by atoms with Crippen molar-refractivity contribution in [1.82, 2.24) is 15.3 Å². The van der Waals surface area contributed by atoms with Crippen molar-refractivity contribution < 1.29 is 19.1 Å². The third-order valence-electron chi connectivity index (χ3n) is 5.28. The maximum absolute atomic E-state index is 14.1. The van der Waals surface area contributed by atoms with Gasteiger partial charge in [0, 0.05) is 12.6 Å². The normalized spacial score (nSPS) is 13.1. The van der Waals surface area contributed by atoms with Gasteiger partial charge in [-0.2, -0.15) is 0 Å². The van der Waals surface area contributed by atoms with E-state index in [9.17, 15) is 19.1 Å². The topological polar surface area (TPSA) is 92.2 Å². The van der Waals surface area contributed by atoms with Crippen molar-refractivity contribution in [2.24, 2.45) is 0 Å². The van der Waals surface area contributed by atoms with E-state index in [-0.39, 0.29) is 29.6 Å². The number of hydrogen-bond acceptors (Lipinski definition) is 4. The van der Waals surface area contributed by atoms with Crippen molar-refractivity contribution in [1.29, 1.82) is 0 Å². The van der Waals surface area contributed by atoms with Crippen LogP contribution in [0.2, 0.25) is 0 Å². The standard InChI is InChI=1S/C22H22FN3O3/c1-4-22(21(28)29,15-8-6-5-7-9-15)12-24-20(27)17-10-16(23)11-18-19(17)26-14(3)13(2)25-18/h5-11H,4,12H2,1-3H3,(H,24,27)(H,28,29). The molecule has 7 heteroatoms. The van der Waals surface area contributed by atoms with E-state index in [4.69, 9.17) is 0 Å². The molecule has 2 N–H and O–H groups in total. The molecule has 0 aliphatic carbocycles. The molecule has 1 amide bonds. The average molecular weight is 395 g/mol. The molecule has 0 aliphatic rings. The number of aryl methyl sites for hydroxylation is 2. The third-order valence-corrected chi connectivity index (χ3v) is 5.28.